The Morgan fingerprint density at radius 1 is 1.13 bits per heavy atom. The highest BCUT2D eigenvalue weighted by Gasteiger charge is 2.44. The molecule has 3 heterocycles. The molecule has 0 aliphatic carbocycles. The molecule has 1 N–H and O–H groups in total. The van der Waals surface area contributed by atoms with Crippen molar-refractivity contribution in [2.75, 3.05) is 45.3 Å². The van der Waals surface area contributed by atoms with Crippen LogP contribution in [0.5, 0.6) is 0 Å². The molecule has 0 atom stereocenters. The fourth-order valence-corrected chi connectivity index (χ4v) is 6.00. The molecule has 3 saturated heterocycles. The smallest absolute Gasteiger partial charge is 0.230 e. The molecule has 7 nitrogen and oxygen atoms in total. The van der Waals surface area contributed by atoms with Crippen LogP contribution < -0.4 is 5.32 Å². The van der Waals surface area contributed by atoms with Crippen LogP contribution in [0.1, 0.15) is 36.8 Å². The van der Waals surface area contributed by atoms with E-state index in [-0.39, 0.29) is 61.3 Å². The summed E-state index contributed by atoms with van der Waals surface area (Å²) in [7, 11) is -3.47. The average molecular weight is 459 g/mol. The highest BCUT2D eigenvalue weighted by atomic mass is 32.2. The third-order valence-electron chi connectivity index (χ3n) is 6.49. The van der Waals surface area contributed by atoms with Gasteiger partial charge in [-0.2, -0.15) is 4.31 Å². The first kappa shape index (κ1) is 22.6. The van der Waals surface area contributed by atoms with Crippen molar-refractivity contribution in [2.24, 2.45) is 5.92 Å². The molecule has 0 bridgehead atoms. The lowest BCUT2D eigenvalue weighted by Gasteiger charge is -2.37. The molecule has 172 valence electrons. The van der Waals surface area contributed by atoms with Crippen LogP contribution in [0.25, 0.3) is 0 Å². The molecule has 31 heavy (non-hydrogen) atoms. The van der Waals surface area contributed by atoms with E-state index >= 15 is 8.78 Å². The molecule has 1 aromatic carbocycles. The molecule has 4 rings (SSSR count). The molecule has 0 radical (unpaired) electrons. The van der Waals surface area contributed by atoms with Crippen LogP contribution in [0, 0.1) is 17.6 Å². The summed E-state index contributed by atoms with van der Waals surface area (Å²) in [6.07, 6.45) is 1.75. The van der Waals surface area contributed by atoms with Crippen LogP contribution in [0.3, 0.4) is 0 Å². The third kappa shape index (κ3) is 4.62. The maximum Gasteiger partial charge on any atom is 0.230 e. The summed E-state index contributed by atoms with van der Waals surface area (Å²) in [5.41, 5.74) is -1.24. The van der Waals surface area contributed by atoms with Crippen molar-refractivity contribution in [1.82, 2.24) is 9.62 Å². The number of carbonyl (C=O) groups excluding carboxylic acids is 1. The van der Waals surface area contributed by atoms with Crippen LogP contribution in [0.15, 0.2) is 12.1 Å². The first-order chi connectivity index (χ1) is 14.8. The molecule has 1 amide bonds. The van der Waals surface area contributed by atoms with E-state index in [1.807, 2.05) is 0 Å². The number of rotatable bonds is 6. The lowest BCUT2D eigenvalue weighted by Crippen LogP contribution is -2.51. The standard InChI is InChI=1S/C21H28F2N2O5S/c22-18-10-17(19(23)9-16(18)12-25-5-1-2-8-31(25,27)28)21(3-6-29-7-4-21)20(26)24-11-15-13-30-14-15/h9-10,15H,1-8,11-14H2,(H,24,26). The first-order valence-electron chi connectivity index (χ1n) is 10.7. The van der Waals surface area contributed by atoms with Gasteiger partial charge in [-0.1, -0.05) is 0 Å². The number of benzene rings is 1. The van der Waals surface area contributed by atoms with Gasteiger partial charge >= 0.3 is 0 Å². The molecule has 0 unspecified atom stereocenters. The number of hydrogen-bond donors (Lipinski definition) is 1. The van der Waals surface area contributed by atoms with E-state index in [0.717, 1.165) is 12.1 Å². The molecular weight excluding hydrogens is 430 g/mol. The van der Waals surface area contributed by atoms with E-state index in [1.54, 1.807) is 0 Å². The Morgan fingerprint density at radius 3 is 2.52 bits per heavy atom. The highest BCUT2D eigenvalue weighted by Crippen LogP contribution is 2.38. The second-order valence-electron chi connectivity index (χ2n) is 8.59. The SMILES string of the molecule is O=C(NCC1COC1)C1(c2cc(F)c(CN3CCCCS3(=O)=O)cc2F)CCOCC1. The van der Waals surface area contributed by atoms with Gasteiger partial charge in [-0.3, -0.25) is 4.79 Å². The third-order valence-corrected chi connectivity index (χ3v) is 8.39. The van der Waals surface area contributed by atoms with E-state index in [1.165, 1.54) is 4.31 Å². The van der Waals surface area contributed by atoms with E-state index < -0.39 is 27.1 Å². The fourth-order valence-electron chi connectivity index (χ4n) is 4.43. The Bertz CT molecular complexity index is 930. The monoisotopic (exact) mass is 458 g/mol. The van der Waals surface area contributed by atoms with E-state index in [0.29, 0.717) is 39.1 Å². The quantitative estimate of drug-likeness (QED) is 0.702. The van der Waals surface area contributed by atoms with Gasteiger partial charge < -0.3 is 14.8 Å². The van der Waals surface area contributed by atoms with Crippen molar-refractivity contribution in [1.29, 1.82) is 0 Å². The van der Waals surface area contributed by atoms with Crippen molar-refractivity contribution in [2.45, 2.75) is 37.6 Å². The van der Waals surface area contributed by atoms with Gasteiger partial charge in [-0.25, -0.2) is 17.2 Å². The zero-order valence-electron chi connectivity index (χ0n) is 17.4. The van der Waals surface area contributed by atoms with Gasteiger partial charge in [0.25, 0.3) is 0 Å². The zero-order chi connectivity index (χ0) is 22.1. The molecule has 0 aromatic heterocycles. The lowest BCUT2D eigenvalue weighted by atomic mass is 9.72. The minimum Gasteiger partial charge on any atom is -0.381 e. The summed E-state index contributed by atoms with van der Waals surface area (Å²) in [4.78, 5) is 13.1. The predicted molar refractivity (Wildman–Crippen MR) is 109 cm³/mol. The average Bonchev–Trinajstić information content (AvgIpc) is 2.71. The first-order valence-corrected chi connectivity index (χ1v) is 12.3. The number of halogens is 2. The normalized spacial score (nSPS) is 23.8. The maximum atomic E-state index is 15.3. The molecule has 1 aromatic rings. The van der Waals surface area contributed by atoms with Gasteiger partial charge in [0.1, 0.15) is 11.6 Å². The summed E-state index contributed by atoms with van der Waals surface area (Å²) in [6.45, 7) is 2.20. The number of amides is 1. The molecule has 3 aliphatic rings. The molecule has 3 fully saturated rings. The summed E-state index contributed by atoms with van der Waals surface area (Å²) in [5.74, 6) is -1.49. The van der Waals surface area contributed by atoms with Crippen LogP contribution in [-0.4, -0.2) is 63.9 Å². The summed E-state index contributed by atoms with van der Waals surface area (Å²) >= 11 is 0. The van der Waals surface area contributed by atoms with Gasteiger partial charge in [-0.05, 0) is 37.8 Å². The molecule has 10 heteroatoms. The number of hydrogen-bond acceptors (Lipinski definition) is 5. The van der Waals surface area contributed by atoms with E-state index in [9.17, 15) is 13.2 Å². The van der Waals surface area contributed by atoms with Gasteiger partial charge in [0.15, 0.2) is 0 Å². The molecular formula is C21H28F2N2O5S. The number of ether oxygens (including phenoxy) is 2. The Hall–Kier alpha value is -1.62. The Labute approximate surface area is 181 Å². The van der Waals surface area contributed by atoms with Crippen molar-refractivity contribution >= 4 is 15.9 Å². The second kappa shape index (κ2) is 9.09. The molecule has 0 spiro atoms. The highest BCUT2D eigenvalue weighted by molar-refractivity contribution is 7.89. The topological polar surface area (TPSA) is 84.9 Å². The van der Waals surface area contributed by atoms with Crippen LogP contribution in [-0.2, 0) is 36.3 Å². The number of sulfonamides is 1. The minimum atomic E-state index is -3.47. The lowest BCUT2D eigenvalue weighted by molar-refractivity contribution is -0.131. The van der Waals surface area contributed by atoms with Gasteiger partial charge in [0.2, 0.25) is 15.9 Å². The van der Waals surface area contributed by atoms with Crippen molar-refractivity contribution in [3.63, 3.8) is 0 Å². The van der Waals surface area contributed by atoms with E-state index in [4.69, 9.17) is 9.47 Å². The van der Waals surface area contributed by atoms with Gasteiger partial charge in [0, 0.05) is 49.9 Å². The Balaban J connectivity index is 1.60. The molecule has 0 saturated carbocycles. The van der Waals surface area contributed by atoms with E-state index in [2.05, 4.69) is 5.32 Å². The zero-order valence-corrected chi connectivity index (χ0v) is 18.2. The molecule has 3 aliphatic heterocycles. The van der Waals surface area contributed by atoms with Gasteiger partial charge in [-0.15, -0.1) is 0 Å². The minimum absolute atomic E-state index is 0.000843. The number of nitrogens with zero attached hydrogens (tertiary/aromatic N) is 1. The number of carbonyl (C=O) groups is 1. The summed E-state index contributed by atoms with van der Waals surface area (Å²) in [6, 6.07) is 2.11. The maximum absolute atomic E-state index is 15.3. The number of nitrogens with one attached hydrogen (secondary N) is 1. The largest absolute Gasteiger partial charge is 0.381 e. The predicted octanol–water partition coefficient (Wildman–Crippen LogP) is 1.70. The van der Waals surface area contributed by atoms with Gasteiger partial charge in [0.05, 0.1) is 24.4 Å². The van der Waals surface area contributed by atoms with Crippen molar-refractivity contribution in [3.05, 3.63) is 34.9 Å². The van der Waals surface area contributed by atoms with Crippen LogP contribution in [0.4, 0.5) is 8.78 Å². The summed E-state index contributed by atoms with van der Waals surface area (Å²) < 4.78 is 66.5. The Kier molecular flexibility index (Phi) is 6.62. The van der Waals surface area contributed by atoms with Crippen LogP contribution in [0.2, 0.25) is 0 Å². The summed E-state index contributed by atoms with van der Waals surface area (Å²) in [5, 5.41) is 2.88. The Morgan fingerprint density at radius 2 is 1.87 bits per heavy atom. The van der Waals surface area contributed by atoms with Crippen molar-refractivity contribution in [3.8, 4) is 0 Å². The fraction of sp³-hybridized carbons (Fsp3) is 0.667. The van der Waals surface area contributed by atoms with Crippen LogP contribution >= 0.6 is 0 Å². The second-order valence-corrected chi connectivity index (χ2v) is 10.7. The van der Waals surface area contributed by atoms with Crippen molar-refractivity contribution < 1.29 is 31.5 Å².